The Bertz CT molecular complexity index is 17.4. The number of rotatable bonds is 0. The summed E-state index contributed by atoms with van der Waals surface area (Å²) in [7, 11) is 0. The minimum Gasteiger partial charge on any atom is -0.870 e. The van der Waals surface area contributed by atoms with E-state index < -0.39 is 0 Å². The van der Waals surface area contributed by atoms with Gasteiger partial charge in [0.25, 0.3) is 0 Å². The van der Waals surface area contributed by atoms with Gasteiger partial charge in [-0.25, -0.2) is 0 Å². The summed E-state index contributed by atoms with van der Waals surface area (Å²) in [5, 5.41) is 0. The van der Waals surface area contributed by atoms with Gasteiger partial charge in [0.05, 0.1) is 0 Å². The van der Waals surface area contributed by atoms with E-state index in [1.54, 1.807) is 0 Å². The van der Waals surface area contributed by atoms with Crippen LogP contribution in [0.4, 0.5) is 0 Å². The van der Waals surface area contributed by atoms with Crippen LogP contribution in [0.5, 0.6) is 0 Å². The Morgan fingerprint density at radius 1 is 0.308 bits per heavy atom. The molecular formula is C8H36Ag2O3. The normalized spacial score (nSPS) is 0. The Kier molecular flexibility index (Phi) is 117000. The molecule has 0 rings (SSSR count). The predicted octanol–water partition coefficient (Wildman–Crippen LogP) is 3.91. The minimum atomic E-state index is 0. The number of hydrogen-bond donors (Lipinski definition) is 0. The first-order valence-corrected chi connectivity index (χ1v) is 0. The molecule has 0 amide bonds. The van der Waals surface area contributed by atoms with E-state index >= 15 is 0 Å². The molecule has 5 heteroatoms. The van der Waals surface area contributed by atoms with Gasteiger partial charge in [0, 0.05) is 0 Å². The van der Waals surface area contributed by atoms with E-state index in [0.29, 0.717) is 0 Å². The minimum absolute atomic E-state index is 0. The Balaban J connectivity index is 0. The van der Waals surface area contributed by atoms with Crippen molar-refractivity contribution in [1.29, 1.82) is 0 Å². The SMILES string of the molecule is C.C.C.C.C.C.C.C.O.[Ag+].[Ag+].[OH-].[OH-]. The first-order valence-electron chi connectivity index (χ1n) is 0. The van der Waals surface area contributed by atoms with Crippen LogP contribution in [-0.4, -0.2) is 16.4 Å². The van der Waals surface area contributed by atoms with Crippen molar-refractivity contribution in [1.82, 2.24) is 0 Å². The molecule has 4 N–H and O–H groups in total. The van der Waals surface area contributed by atoms with E-state index in [4.69, 9.17) is 0 Å². The molecule has 0 saturated carbocycles. The summed E-state index contributed by atoms with van der Waals surface area (Å²) in [5.41, 5.74) is 0. The summed E-state index contributed by atoms with van der Waals surface area (Å²) in [6.45, 7) is 0. The van der Waals surface area contributed by atoms with Gasteiger partial charge < -0.3 is 16.4 Å². The maximum absolute atomic E-state index is 0. The molecular weight excluding hydrogens is 360 g/mol. The van der Waals surface area contributed by atoms with Gasteiger partial charge >= 0.3 is 44.8 Å². The third-order valence-corrected chi connectivity index (χ3v) is 0. The fraction of sp³-hybridized carbons (Fsp3) is 1.00. The van der Waals surface area contributed by atoms with E-state index in [1.165, 1.54) is 0 Å². The second-order valence-electron chi connectivity index (χ2n) is 0. The van der Waals surface area contributed by atoms with Crippen LogP contribution in [0, 0.1) is 0 Å². The quantitative estimate of drug-likeness (QED) is 0.581. The third-order valence-electron chi connectivity index (χ3n) is 0. The fourth-order valence-corrected chi connectivity index (χ4v) is 0. The van der Waals surface area contributed by atoms with Gasteiger partial charge in [-0.05, 0) is 0 Å². The molecule has 0 aliphatic carbocycles. The van der Waals surface area contributed by atoms with Crippen molar-refractivity contribution in [3.63, 3.8) is 0 Å². The molecule has 0 aromatic rings. The van der Waals surface area contributed by atoms with E-state index in [1.807, 2.05) is 0 Å². The van der Waals surface area contributed by atoms with Crippen LogP contribution in [0.1, 0.15) is 59.4 Å². The molecule has 0 aromatic carbocycles. The van der Waals surface area contributed by atoms with Crippen molar-refractivity contribution in [2.75, 3.05) is 0 Å². The molecule has 0 aliphatic rings. The maximum Gasteiger partial charge on any atom is 1.00 e. The van der Waals surface area contributed by atoms with Crippen molar-refractivity contribution in [2.45, 2.75) is 59.4 Å². The Morgan fingerprint density at radius 3 is 0.308 bits per heavy atom. The molecule has 3 nitrogen and oxygen atoms in total. The summed E-state index contributed by atoms with van der Waals surface area (Å²) >= 11 is 0. The first kappa shape index (κ1) is 1380. The monoisotopic (exact) mass is 394 g/mol. The van der Waals surface area contributed by atoms with Crippen LogP contribution >= 0.6 is 0 Å². The molecule has 0 atom stereocenters. The zero-order valence-corrected chi connectivity index (χ0v) is 4.96. The summed E-state index contributed by atoms with van der Waals surface area (Å²) < 4.78 is 0. The van der Waals surface area contributed by atoms with Gasteiger partial charge in [0.15, 0.2) is 0 Å². The molecule has 0 radical (unpaired) electrons. The van der Waals surface area contributed by atoms with Crippen LogP contribution in [0.3, 0.4) is 0 Å². The largest absolute Gasteiger partial charge is 1.00 e. The van der Waals surface area contributed by atoms with E-state index in [2.05, 4.69) is 0 Å². The second kappa shape index (κ2) is 1100. The zero-order chi connectivity index (χ0) is 0. The molecule has 0 aromatic heterocycles. The van der Waals surface area contributed by atoms with Crippen LogP contribution < -0.4 is 0 Å². The van der Waals surface area contributed by atoms with Crippen LogP contribution in [-0.2, 0) is 44.8 Å². The summed E-state index contributed by atoms with van der Waals surface area (Å²) in [6, 6.07) is 0. The summed E-state index contributed by atoms with van der Waals surface area (Å²) in [5.74, 6) is 0. The summed E-state index contributed by atoms with van der Waals surface area (Å²) in [6.07, 6.45) is 0. The van der Waals surface area contributed by atoms with Crippen molar-refractivity contribution in [3.05, 3.63) is 0 Å². The molecule has 0 aliphatic heterocycles. The third kappa shape index (κ3) is 932. The zero-order valence-electron chi connectivity index (χ0n) is 2.00. The first-order chi connectivity index (χ1) is 0. The molecule has 0 saturated heterocycles. The van der Waals surface area contributed by atoms with Crippen molar-refractivity contribution in [3.8, 4) is 0 Å². The predicted molar refractivity (Wildman–Crippen MR) is 61.3 cm³/mol. The Hall–Kier alpha value is 1.36. The van der Waals surface area contributed by atoms with Crippen LogP contribution in [0.25, 0.3) is 0 Å². The molecule has 108 valence electrons. The van der Waals surface area contributed by atoms with Gasteiger partial charge in [0.1, 0.15) is 0 Å². The smallest absolute Gasteiger partial charge is 0.870 e. The van der Waals surface area contributed by atoms with Gasteiger partial charge in [-0.3, -0.25) is 0 Å². The van der Waals surface area contributed by atoms with Gasteiger partial charge in [0.2, 0.25) is 0 Å². The molecule has 0 spiro atoms. The molecule has 0 bridgehead atoms. The van der Waals surface area contributed by atoms with E-state index in [-0.39, 0.29) is 121 Å². The van der Waals surface area contributed by atoms with Gasteiger partial charge in [-0.2, -0.15) is 0 Å². The molecule has 0 heterocycles. The number of hydrogen-bond acceptors (Lipinski definition) is 2. The van der Waals surface area contributed by atoms with Crippen molar-refractivity contribution >= 4 is 0 Å². The second-order valence-corrected chi connectivity index (χ2v) is 0. The van der Waals surface area contributed by atoms with Crippen molar-refractivity contribution < 1.29 is 61.2 Å². The van der Waals surface area contributed by atoms with Crippen molar-refractivity contribution in [2.24, 2.45) is 0 Å². The molecule has 13 heavy (non-hydrogen) atoms. The maximum atomic E-state index is 0. The summed E-state index contributed by atoms with van der Waals surface area (Å²) in [4.78, 5) is 0. The van der Waals surface area contributed by atoms with E-state index in [0.717, 1.165) is 0 Å². The van der Waals surface area contributed by atoms with Crippen LogP contribution in [0.2, 0.25) is 0 Å². The molecule has 0 unspecified atom stereocenters. The van der Waals surface area contributed by atoms with Crippen LogP contribution in [0.15, 0.2) is 0 Å². The average Bonchev–Trinajstić information content (AvgIpc) is 0. The standard InChI is InChI=1S/8CH4.2Ag.3H2O/h8*1H4;;;3*1H2/q;;;;;;;;2*+1;;;/p-2. The Morgan fingerprint density at radius 2 is 0.308 bits per heavy atom. The Labute approximate surface area is 120 Å². The fourth-order valence-electron chi connectivity index (χ4n) is 0. The molecule has 0 fully saturated rings. The average molecular weight is 396 g/mol. The topological polar surface area (TPSA) is 91.5 Å². The van der Waals surface area contributed by atoms with E-state index in [9.17, 15) is 0 Å². The van der Waals surface area contributed by atoms with Gasteiger partial charge in [-0.1, -0.05) is 59.4 Å². The van der Waals surface area contributed by atoms with Gasteiger partial charge in [-0.15, -0.1) is 0 Å².